The van der Waals surface area contributed by atoms with Gasteiger partial charge in [-0.25, -0.2) is 0 Å². The summed E-state index contributed by atoms with van der Waals surface area (Å²) in [5.41, 5.74) is 4.59. The Morgan fingerprint density at radius 3 is 2.52 bits per heavy atom. The van der Waals surface area contributed by atoms with Gasteiger partial charge in [-0.2, -0.15) is 4.98 Å². The van der Waals surface area contributed by atoms with Crippen molar-refractivity contribution in [3.63, 3.8) is 0 Å². The Hall–Kier alpha value is -2.50. The molecule has 3 rings (SSSR count). The molecule has 0 radical (unpaired) electrons. The second kappa shape index (κ2) is 4.51. The number of fused-ring (bicyclic) bond motifs is 2. The lowest BCUT2D eigenvalue weighted by Crippen LogP contribution is -2.29. The van der Waals surface area contributed by atoms with Crippen molar-refractivity contribution in [2.75, 3.05) is 24.4 Å². The second-order valence-electron chi connectivity index (χ2n) is 5.30. The van der Waals surface area contributed by atoms with Gasteiger partial charge in [0, 0.05) is 14.1 Å². The summed E-state index contributed by atoms with van der Waals surface area (Å²) in [6, 6.07) is 4.43. The number of anilines is 4. The number of hydrogen-bond acceptors (Lipinski definition) is 5. The second-order valence-corrected chi connectivity index (χ2v) is 5.30. The number of hydrogen-bond donors (Lipinski definition) is 1. The molecule has 0 spiro atoms. The minimum absolute atomic E-state index is 0.160. The molecular weight excluding hydrogens is 268 g/mol. The van der Waals surface area contributed by atoms with Crippen molar-refractivity contribution >= 4 is 22.9 Å². The molecule has 1 aromatic carbocycles. The molecule has 0 aliphatic carbocycles. The van der Waals surface area contributed by atoms with E-state index in [0.717, 1.165) is 11.4 Å². The topological polar surface area (TPSA) is 59.4 Å². The predicted octanol–water partition coefficient (Wildman–Crippen LogP) is 2.23. The standard InChI is InChI=1S/C15H18N4O2/c1-8-6-10-11(7-9(8)2)18(3)13-12(16-10)14(20)19(4)15(17-13)21-5/h6-7,16H,1-5H3. The number of rotatable bonds is 1. The van der Waals surface area contributed by atoms with Crippen LogP contribution in [0.15, 0.2) is 16.9 Å². The van der Waals surface area contributed by atoms with Crippen molar-refractivity contribution < 1.29 is 4.74 Å². The average Bonchev–Trinajstić information content (AvgIpc) is 2.46. The number of aryl methyl sites for hydroxylation is 2. The summed E-state index contributed by atoms with van der Waals surface area (Å²) < 4.78 is 6.56. The maximum absolute atomic E-state index is 12.5. The van der Waals surface area contributed by atoms with Crippen LogP contribution in [0.2, 0.25) is 0 Å². The molecule has 1 N–H and O–H groups in total. The van der Waals surface area contributed by atoms with E-state index in [0.29, 0.717) is 17.5 Å². The largest absolute Gasteiger partial charge is 0.468 e. The highest BCUT2D eigenvalue weighted by Crippen LogP contribution is 2.41. The van der Waals surface area contributed by atoms with Gasteiger partial charge in [-0.15, -0.1) is 0 Å². The van der Waals surface area contributed by atoms with Crippen LogP contribution in [0.3, 0.4) is 0 Å². The fraction of sp³-hybridized carbons (Fsp3) is 0.333. The SMILES string of the molecule is COc1nc2c(c(=O)n1C)Nc1cc(C)c(C)cc1N2C. The lowest BCUT2D eigenvalue weighted by atomic mass is 10.1. The summed E-state index contributed by atoms with van der Waals surface area (Å²) in [5.74, 6) is 0.575. The van der Waals surface area contributed by atoms with E-state index in [4.69, 9.17) is 4.74 Å². The monoisotopic (exact) mass is 286 g/mol. The highest BCUT2D eigenvalue weighted by atomic mass is 16.5. The molecule has 2 heterocycles. The van der Waals surface area contributed by atoms with Crippen LogP contribution in [-0.2, 0) is 7.05 Å². The van der Waals surface area contributed by atoms with E-state index in [2.05, 4.69) is 30.2 Å². The molecule has 1 aromatic heterocycles. The molecule has 0 saturated heterocycles. The molecule has 6 nitrogen and oxygen atoms in total. The molecular formula is C15H18N4O2. The molecule has 0 saturated carbocycles. The summed E-state index contributed by atoms with van der Waals surface area (Å²) in [6.07, 6.45) is 0. The quantitative estimate of drug-likeness (QED) is 0.871. The minimum Gasteiger partial charge on any atom is -0.468 e. The number of nitrogens with zero attached hydrogens (tertiary/aromatic N) is 3. The van der Waals surface area contributed by atoms with Gasteiger partial charge >= 0.3 is 6.01 Å². The van der Waals surface area contributed by atoms with Crippen LogP contribution in [-0.4, -0.2) is 23.7 Å². The smallest absolute Gasteiger partial charge is 0.300 e. The van der Waals surface area contributed by atoms with Gasteiger partial charge < -0.3 is 15.0 Å². The number of methoxy groups -OCH3 is 1. The third kappa shape index (κ3) is 1.86. The molecule has 110 valence electrons. The number of nitrogens with one attached hydrogen (secondary N) is 1. The minimum atomic E-state index is -0.160. The molecule has 0 atom stereocenters. The highest BCUT2D eigenvalue weighted by molar-refractivity contribution is 5.90. The number of aromatic nitrogens is 2. The van der Waals surface area contributed by atoms with Crippen LogP contribution in [0.5, 0.6) is 6.01 Å². The zero-order chi connectivity index (χ0) is 15.3. The van der Waals surface area contributed by atoms with Crippen LogP contribution >= 0.6 is 0 Å². The van der Waals surface area contributed by atoms with E-state index < -0.39 is 0 Å². The van der Waals surface area contributed by atoms with Gasteiger partial charge in [0.2, 0.25) is 0 Å². The van der Waals surface area contributed by atoms with E-state index >= 15 is 0 Å². The predicted molar refractivity (Wildman–Crippen MR) is 83.3 cm³/mol. The molecule has 2 aromatic rings. The first kappa shape index (κ1) is 13.5. The molecule has 1 aliphatic rings. The molecule has 0 fully saturated rings. The van der Waals surface area contributed by atoms with Crippen LogP contribution in [0.4, 0.5) is 22.9 Å². The van der Waals surface area contributed by atoms with Crippen molar-refractivity contribution in [2.45, 2.75) is 13.8 Å². The van der Waals surface area contributed by atoms with Gasteiger partial charge in [-0.1, -0.05) is 0 Å². The van der Waals surface area contributed by atoms with Gasteiger partial charge in [0.05, 0.1) is 18.5 Å². The number of ether oxygens (including phenoxy) is 1. The Labute approximate surface area is 123 Å². The van der Waals surface area contributed by atoms with Gasteiger partial charge in [-0.05, 0) is 37.1 Å². The highest BCUT2D eigenvalue weighted by Gasteiger charge is 2.26. The Bertz CT molecular complexity index is 795. The third-order valence-electron chi connectivity index (χ3n) is 3.96. The summed E-state index contributed by atoms with van der Waals surface area (Å²) in [5, 5.41) is 3.21. The Morgan fingerprint density at radius 1 is 1.19 bits per heavy atom. The lowest BCUT2D eigenvalue weighted by Gasteiger charge is -2.30. The normalized spacial score (nSPS) is 12.5. The van der Waals surface area contributed by atoms with E-state index in [9.17, 15) is 4.79 Å². The first-order chi connectivity index (χ1) is 9.93. The van der Waals surface area contributed by atoms with Crippen molar-refractivity contribution in [2.24, 2.45) is 7.05 Å². The molecule has 0 unspecified atom stereocenters. The summed E-state index contributed by atoms with van der Waals surface area (Å²) in [4.78, 5) is 18.8. The van der Waals surface area contributed by atoms with Crippen LogP contribution in [0.25, 0.3) is 0 Å². The Balaban J connectivity index is 2.26. The van der Waals surface area contributed by atoms with Crippen molar-refractivity contribution in [3.05, 3.63) is 33.6 Å². The first-order valence-corrected chi connectivity index (χ1v) is 6.71. The Kier molecular flexibility index (Phi) is 2.90. The van der Waals surface area contributed by atoms with E-state index in [1.54, 1.807) is 7.05 Å². The zero-order valence-electron chi connectivity index (χ0n) is 12.8. The maximum atomic E-state index is 12.5. The fourth-order valence-corrected chi connectivity index (χ4v) is 2.53. The maximum Gasteiger partial charge on any atom is 0.300 e. The van der Waals surface area contributed by atoms with E-state index in [1.165, 1.54) is 22.8 Å². The fourth-order valence-electron chi connectivity index (χ4n) is 2.53. The summed E-state index contributed by atoms with van der Waals surface area (Å²) >= 11 is 0. The van der Waals surface area contributed by atoms with Gasteiger partial charge in [0.1, 0.15) is 5.69 Å². The summed E-state index contributed by atoms with van der Waals surface area (Å²) in [6.45, 7) is 4.12. The molecule has 1 aliphatic heterocycles. The molecule has 0 amide bonds. The van der Waals surface area contributed by atoms with Crippen LogP contribution in [0, 0.1) is 13.8 Å². The summed E-state index contributed by atoms with van der Waals surface area (Å²) in [7, 11) is 5.05. The third-order valence-corrected chi connectivity index (χ3v) is 3.96. The van der Waals surface area contributed by atoms with Crippen molar-refractivity contribution in [1.29, 1.82) is 0 Å². The first-order valence-electron chi connectivity index (χ1n) is 6.71. The van der Waals surface area contributed by atoms with Gasteiger partial charge in [-0.3, -0.25) is 9.36 Å². The number of benzene rings is 1. The lowest BCUT2D eigenvalue weighted by molar-refractivity contribution is 0.357. The average molecular weight is 286 g/mol. The molecule has 6 heteroatoms. The van der Waals surface area contributed by atoms with Crippen molar-refractivity contribution in [1.82, 2.24) is 9.55 Å². The zero-order valence-corrected chi connectivity index (χ0v) is 12.8. The molecule has 21 heavy (non-hydrogen) atoms. The van der Waals surface area contributed by atoms with Gasteiger partial charge in [0.25, 0.3) is 5.56 Å². The van der Waals surface area contributed by atoms with Crippen LogP contribution in [0.1, 0.15) is 11.1 Å². The molecule has 0 bridgehead atoms. The van der Waals surface area contributed by atoms with E-state index in [1.807, 2.05) is 18.0 Å². The van der Waals surface area contributed by atoms with Crippen molar-refractivity contribution in [3.8, 4) is 6.01 Å². The Morgan fingerprint density at radius 2 is 1.86 bits per heavy atom. The van der Waals surface area contributed by atoms with Crippen LogP contribution < -0.4 is 20.5 Å². The van der Waals surface area contributed by atoms with E-state index in [-0.39, 0.29) is 5.56 Å². The van der Waals surface area contributed by atoms with Gasteiger partial charge in [0.15, 0.2) is 5.82 Å².